The molecule has 1 saturated heterocycles. The maximum absolute atomic E-state index is 11.4. The predicted molar refractivity (Wildman–Crippen MR) is 75.4 cm³/mol. The van der Waals surface area contributed by atoms with Gasteiger partial charge in [0.25, 0.3) is 0 Å². The van der Waals surface area contributed by atoms with E-state index in [-0.39, 0.29) is 12.0 Å². The number of ether oxygens (including phenoxy) is 1. The molecule has 21 heavy (non-hydrogen) atoms. The lowest BCUT2D eigenvalue weighted by Gasteiger charge is -2.15. The highest BCUT2D eigenvalue weighted by Gasteiger charge is 2.38. The van der Waals surface area contributed by atoms with Gasteiger partial charge in [0, 0.05) is 6.20 Å². The van der Waals surface area contributed by atoms with Crippen LogP contribution in [0.15, 0.2) is 24.7 Å². The average Bonchev–Trinajstić information content (AvgIpc) is 3.13. The number of hydrogen-bond acceptors (Lipinski definition) is 4. The molecule has 1 fully saturated rings. The van der Waals surface area contributed by atoms with Crippen LogP contribution in [0.2, 0.25) is 0 Å². The summed E-state index contributed by atoms with van der Waals surface area (Å²) >= 11 is 0. The second kappa shape index (κ2) is 4.29. The molecule has 1 aliphatic heterocycles. The number of aromatic nitrogens is 4. The van der Waals surface area contributed by atoms with Crippen molar-refractivity contribution in [3.63, 3.8) is 0 Å². The van der Waals surface area contributed by atoms with E-state index in [9.17, 15) is 4.79 Å². The fourth-order valence-corrected chi connectivity index (χ4v) is 3.07. The van der Waals surface area contributed by atoms with Gasteiger partial charge in [-0.15, -0.1) is 0 Å². The van der Waals surface area contributed by atoms with Crippen molar-refractivity contribution in [1.82, 2.24) is 19.4 Å². The lowest BCUT2D eigenvalue weighted by Crippen LogP contribution is -2.27. The normalized spacial score (nSPS) is 25.9. The van der Waals surface area contributed by atoms with E-state index in [1.807, 2.05) is 16.7 Å². The first kappa shape index (κ1) is 12.3. The Balaban J connectivity index is 1.87. The van der Waals surface area contributed by atoms with E-state index in [4.69, 9.17) is 10.5 Å². The molecule has 0 aliphatic carbocycles. The molecule has 3 aromatic heterocycles. The Bertz CT molecular complexity index is 836. The number of imidazole rings is 1. The van der Waals surface area contributed by atoms with Crippen LogP contribution in [0.1, 0.15) is 25.1 Å². The number of carbonyl (C=O) groups excluding carboxylic acids is 1. The fourth-order valence-electron chi connectivity index (χ4n) is 3.07. The topological polar surface area (TPSA) is 98.3 Å². The van der Waals surface area contributed by atoms with E-state index in [1.165, 1.54) is 0 Å². The first-order chi connectivity index (χ1) is 10.1. The Hall–Kier alpha value is -2.41. The maximum atomic E-state index is 11.4. The molecular weight excluding hydrogens is 270 g/mol. The van der Waals surface area contributed by atoms with Gasteiger partial charge in [-0.25, -0.2) is 9.97 Å². The zero-order chi connectivity index (χ0) is 14.6. The van der Waals surface area contributed by atoms with Crippen LogP contribution in [0.25, 0.3) is 16.8 Å². The maximum Gasteiger partial charge on any atom is 0.246 e. The van der Waals surface area contributed by atoms with Crippen LogP contribution in [-0.2, 0) is 9.53 Å². The van der Waals surface area contributed by atoms with Crippen LogP contribution in [0, 0.1) is 5.92 Å². The predicted octanol–water partition coefficient (Wildman–Crippen LogP) is 1.16. The number of fused-ring (bicyclic) bond motifs is 3. The molecule has 4 rings (SSSR count). The molecule has 0 aromatic carbocycles. The van der Waals surface area contributed by atoms with Gasteiger partial charge in [-0.1, -0.05) is 6.92 Å². The molecular formula is C14H15N5O2. The second-order valence-electron chi connectivity index (χ2n) is 5.51. The number of hydrogen-bond donors (Lipinski definition) is 2. The van der Waals surface area contributed by atoms with Gasteiger partial charge in [-0.2, -0.15) is 0 Å². The van der Waals surface area contributed by atoms with Gasteiger partial charge in [-0.3, -0.25) is 9.20 Å². The van der Waals surface area contributed by atoms with E-state index >= 15 is 0 Å². The minimum atomic E-state index is -0.529. The van der Waals surface area contributed by atoms with Crippen molar-refractivity contribution in [3.8, 4) is 0 Å². The molecule has 3 N–H and O–H groups in total. The van der Waals surface area contributed by atoms with Crippen LogP contribution < -0.4 is 5.73 Å². The largest absolute Gasteiger partial charge is 0.367 e. The molecule has 3 atom stereocenters. The molecule has 0 saturated carbocycles. The van der Waals surface area contributed by atoms with Crippen molar-refractivity contribution in [2.75, 3.05) is 0 Å². The monoisotopic (exact) mass is 285 g/mol. The third-order valence-corrected chi connectivity index (χ3v) is 4.09. The zero-order valence-corrected chi connectivity index (χ0v) is 11.5. The first-order valence-electron chi connectivity index (χ1n) is 6.89. The number of nitrogens with two attached hydrogens (primary N) is 1. The third-order valence-electron chi connectivity index (χ3n) is 4.09. The molecule has 4 heterocycles. The van der Waals surface area contributed by atoms with Crippen LogP contribution in [-0.4, -0.2) is 31.4 Å². The van der Waals surface area contributed by atoms with Gasteiger partial charge in [0.15, 0.2) is 11.3 Å². The van der Waals surface area contributed by atoms with Crippen molar-refractivity contribution in [3.05, 3.63) is 30.4 Å². The highest BCUT2D eigenvalue weighted by molar-refractivity contribution is 5.79. The summed E-state index contributed by atoms with van der Waals surface area (Å²) in [6.07, 6.45) is 5.25. The minimum Gasteiger partial charge on any atom is -0.367 e. The average molecular weight is 285 g/mol. The molecule has 3 aromatic rings. The van der Waals surface area contributed by atoms with Gasteiger partial charge in [-0.05, 0) is 18.4 Å². The van der Waals surface area contributed by atoms with Crippen molar-refractivity contribution in [1.29, 1.82) is 0 Å². The lowest BCUT2D eigenvalue weighted by molar-refractivity contribution is -0.128. The van der Waals surface area contributed by atoms with E-state index in [1.54, 1.807) is 12.4 Å². The number of aromatic amines is 1. The Kier molecular flexibility index (Phi) is 2.52. The van der Waals surface area contributed by atoms with Crippen LogP contribution in [0.3, 0.4) is 0 Å². The summed E-state index contributed by atoms with van der Waals surface area (Å²) in [7, 11) is 0. The standard InChI is InChI=1S/C14H15N5O2/c1-7-4-10(13(15)20)21-12(7)9-5-17-11-6-18-14-8(19(9)11)2-3-16-14/h2-3,5-7,10,12,16H,4H2,1H3,(H2,15,20)/t7-,10-,12+/m1/s1. The minimum absolute atomic E-state index is 0.196. The summed E-state index contributed by atoms with van der Waals surface area (Å²) in [5, 5.41) is 0. The summed E-state index contributed by atoms with van der Waals surface area (Å²) < 4.78 is 7.86. The molecule has 1 aliphatic rings. The second-order valence-corrected chi connectivity index (χ2v) is 5.51. The summed E-state index contributed by atoms with van der Waals surface area (Å²) in [6, 6.07) is 1.95. The van der Waals surface area contributed by atoms with Gasteiger partial charge < -0.3 is 15.5 Å². The third kappa shape index (κ3) is 1.74. The molecule has 0 unspecified atom stereocenters. The number of nitrogens with one attached hydrogen (secondary N) is 1. The molecule has 108 valence electrons. The smallest absolute Gasteiger partial charge is 0.246 e. The Morgan fingerprint density at radius 3 is 3.10 bits per heavy atom. The van der Waals surface area contributed by atoms with E-state index in [2.05, 4.69) is 21.9 Å². The Morgan fingerprint density at radius 2 is 2.33 bits per heavy atom. The van der Waals surface area contributed by atoms with Crippen LogP contribution in [0.5, 0.6) is 0 Å². The number of amides is 1. The first-order valence-corrected chi connectivity index (χ1v) is 6.89. The number of carbonyl (C=O) groups is 1. The fraction of sp³-hybridized carbons (Fsp3) is 0.357. The highest BCUT2D eigenvalue weighted by atomic mass is 16.5. The number of H-pyrrole nitrogens is 1. The molecule has 0 bridgehead atoms. The number of nitrogens with zero attached hydrogens (tertiary/aromatic N) is 3. The van der Waals surface area contributed by atoms with Crippen LogP contribution in [0.4, 0.5) is 0 Å². The highest BCUT2D eigenvalue weighted by Crippen LogP contribution is 2.38. The summed E-state index contributed by atoms with van der Waals surface area (Å²) in [6.45, 7) is 2.06. The van der Waals surface area contributed by atoms with Crippen molar-refractivity contribution < 1.29 is 9.53 Å². The number of rotatable bonds is 2. The van der Waals surface area contributed by atoms with Crippen molar-refractivity contribution >= 4 is 22.7 Å². The summed E-state index contributed by atoms with van der Waals surface area (Å²) in [4.78, 5) is 23.1. The van der Waals surface area contributed by atoms with Crippen molar-refractivity contribution in [2.24, 2.45) is 11.7 Å². The molecule has 7 heteroatoms. The Morgan fingerprint density at radius 1 is 1.48 bits per heavy atom. The van der Waals surface area contributed by atoms with Crippen LogP contribution >= 0.6 is 0 Å². The summed E-state index contributed by atoms with van der Waals surface area (Å²) in [5.41, 5.74) is 8.78. The zero-order valence-electron chi connectivity index (χ0n) is 11.5. The van der Waals surface area contributed by atoms with E-state index in [0.29, 0.717) is 6.42 Å². The molecule has 1 amide bonds. The van der Waals surface area contributed by atoms with E-state index < -0.39 is 12.0 Å². The van der Waals surface area contributed by atoms with Gasteiger partial charge in [0.1, 0.15) is 12.2 Å². The van der Waals surface area contributed by atoms with Gasteiger partial charge in [0.2, 0.25) is 5.91 Å². The van der Waals surface area contributed by atoms with E-state index in [0.717, 1.165) is 22.5 Å². The van der Waals surface area contributed by atoms with Gasteiger partial charge in [0.05, 0.1) is 23.6 Å². The number of primary amides is 1. The molecule has 0 radical (unpaired) electrons. The SMILES string of the molecule is C[C@@H]1C[C@H](C(N)=O)O[C@@H]1c1cnc2cnc3[nH]ccc3n12. The van der Waals surface area contributed by atoms with Gasteiger partial charge >= 0.3 is 0 Å². The summed E-state index contributed by atoms with van der Waals surface area (Å²) in [5.74, 6) is -0.212. The van der Waals surface area contributed by atoms with Crippen molar-refractivity contribution in [2.45, 2.75) is 25.6 Å². The lowest BCUT2D eigenvalue weighted by atomic mass is 9.99. The quantitative estimate of drug-likeness (QED) is 0.738. The molecule has 0 spiro atoms. The molecule has 7 nitrogen and oxygen atoms in total. The Labute approximate surface area is 120 Å².